The number of halogens is 6. The van der Waals surface area contributed by atoms with E-state index in [1.807, 2.05) is 48.5 Å². The van der Waals surface area contributed by atoms with Gasteiger partial charge in [-0.1, -0.05) is 274 Å². The molecule has 2 aliphatic carbocycles. The highest BCUT2D eigenvalue weighted by molar-refractivity contribution is 7.99. The minimum absolute atomic E-state index is 0.0127. The quantitative estimate of drug-likeness (QED) is 0.0507. The van der Waals surface area contributed by atoms with Gasteiger partial charge in [0, 0.05) is 17.5 Å². The maximum atomic E-state index is 13.6. The van der Waals surface area contributed by atoms with Crippen molar-refractivity contribution in [2.24, 2.45) is 0 Å². The van der Waals surface area contributed by atoms with Gasteiger partial charge in [-0.2, -0.15) is 26.3 Å². The minimum Gasteiger partial charge on any atom is -0.508 e. The van der Waals surface area contributed by atoms with Crippen LogP contribution in [-0.4, -0.2) is 82.0 Å². The zero-order valence-corrected chi connectivity index (χ0v) is 72.8. The van der Waals surface area contributed by atoms with Gasteiger partial charge in [-0.05, 0) is 265 Å². The first-order chi connectivity index (χ1) is 63.1. The third kappa shape index (κ3) is 24.5. The largest absolute Gasteiger partial charge is 0.508 e. The van der Waals surface area contributed by atoms with Gasteiger partial charge >= 0.3 is 12.4 Å². The molecule has 0 aromatic heterocycles. The molecule has 14 nitrogen and oxygen atoms in total. The molecule has 0 heterocycles. The van der Waals surface area contributed by atoms with E-state index >= 15 is 0 Å². The van der Waals surface area contributed by atoms with Crippen molar-refractivity contribution in [3.05, 3.63) is 467 Å². The van der Waals surface area contributed by atoms with Crippen LogP contribution in [0.3, 0.4) is 0 Å². The zero-order valence-electron chi connectivity index (χ0n) is 71.2. The third-order valence-electron chi connectivity index (χ3n) is 21.7. The predicted molar refractivity (Wildman–Crippen MR) is 504 cm³/mol. The van der Waals surface area contributed by atoms with Crippen LogP contribution in [0.15, 0.2) is 420 Å². The average molecular weight is 1820 g/mol. The van der Waals surface area contributed by atoms with Crippen molar-refractivity contribution >= 4 is 32.4 Å². The second-order valence-electron chi connectivity index (χ2n) is 31.3. The molecule has 0 saturated heterocycles. The Morgan fingerprint density at radius 3 is 0.962 bits per heavy atom. The molecule has 2 aliphatic rings. The zero-order chi connectivity index (χ0) is 94.3. The van der Waals surface area contributed by atoms with Crippen LogP contribution in [0, 0.1) is 0 Å². The van der Waals surface area contributed by atoms with Crippen molar-refractivity contribution < 1.29 is 96.0 Å². The minimum atomic E-state index is -5.70. The summed E-state index contributed by atoms with van der Waals surface area (Å²) in [7, 11) is -3.75. The topological polar surface area (TPSA) is 277 Å². The van der Waals surface area contributed by atoms with Crippen LogP contribution in [-0.2, 0) is 46.4 Å². The van der Waals surface area contributed by atoms with Crippen LogP contribution >= 0.6 is 11.8 Å². The van der Waals surface area contributed by atoms with E-state index in [2.05, 4.69) is 184 Å². The highest BCUT2D eigenvalue weighted by atomic mass is 32.2. The summed E-state index contributed by atoms with van der Waals surface area (Å²) in [4.78, 5) is 0.884. The van der Waals surface area contributed by atoms with Crippen LogP contribution in [0.4, 0.5) is 26.3 Å². The van der Waals surface area contributed by atoms with E-state index in [1.54, 1.807) is 66.7 Å². The molecule has 670 valence electrons. The fourth-order valence-electron chi connectivity index (χ4n) is 15.0. The number of sulfone groups is 1. The van der Waals surface area contributed by atoms with Crippen molar-refractivity contribution in [3.8, 4) is 91.2 Å². The Balaban J connectivity index is 0.000000137. The fraction of sp³-hybridized carbons (Fsp3) is 0.0909. The molecular weight excluding hydrogens is 1720 g/mol. The van der Waals surface area contributed by atoms with Gasteiger partial charge in [0.15, 0.2) is 0 Å². The molecule has 0 saturated carbocycles. The molecule has 132 heavy (non-hydrogen) atoms. The average Bonchev–Trinajstić information content (AvgIpc) is 0.817. The number of fused-ring (bicyclic) bond motifs is 7. The summed E-state index contributed by atoms with van der Waals surface area (Å²) < 4.78 is 106. The van der Waals surface area contributed by atoms with Gasteiger partial charge in [0.1, 0.15) is 73.9 Å². The van der Waals surface area contributed by atoms with Gasteiger partial charge in [0.2, 0.25) is 15.3 Å². The van der Waals surface area contributed by atoms with Crippen molar-refractivity contribution in [1.82, 2.24) is 0 Å². The van der Waals surface area contributed by atoms with Gasteiger partial charge in [0.05, 0.1) is 14.7 Å². The smallest absolute Gasteiger partial charge is 0.411 e. The molecule has 0 bridgehead atoms. The van der Waals surface area contributed by atoms with Gasteiger partial charge in [-0.3, -0.25) is 0 Å². The predicted octanol–water partition coefficient (Wildman–Crippen LogP) is 26.2. The summed E-state index contributed by atoms with van der Waals surface area (Å²) in [6.45, 7) is 4.23. The number of phenolic OH excluding ortho intramolecular Hbond substituents is 12. The Morgan fingerprint density at radius 1 is 0.265 bits per heavy atom. The number of hydrogen-bond acceptors (Lipinski definition) is 15. The van der Waals surface area contributed by atoms with E-state index in [1.165, 1.54) is 133 Å². The van der Waals surface area contributed by atoms with Crippen LogP contribution in [0.2, 0.25) is 0 Å². The van der Waals surface area contributed by atoms with Crippen LogP contribution in [0.5, 0.6) is 69.0 Å². The summed E-state index contributed by atoms with van der Waals surface area (Å²) in [6, 6.07) is 114. The first-order valence-electron chi connectivity index (χ1n) is 41.4. The lowest BCUT2D eigenvalue weighted by Crippen LogP contribution is -2.54. The lowest BCUT2D eigenvalue weighted by molar-refractivity contribution is -0.288. The van der Waals surface area contributed by atoms with Gasteiger partial charge in [-0.15, -0.1) is 0 Å². The van der Waals surface area contributed by atoms with Gasteiger partial charge in [0.25, 0.3) is 0 Å². The van der Waals surface area contributed by atoms with Crippen LogP contribution in [0.25, 0.3) is 33.0 Å². The highest BCUT2D eigenvalue weighted by Gasteiger charge is 2.72. The second-order valence-corrected chi connectivity index (χ2v) is 34.3. The molecule has 0 radical (unpaired) electrons. The monoisotopic (exact) mass is 1810 g/mol. The molecule has 0 spiro atoms. The number of phenols is 12. The Labute approximate surface area is 764 Å². The maximum Gasteiger partial charge on any atom is 0.411 e. The summed E-state index contributed by atoms with van der Waals surface area (Å²) in [5.74, 6) is -0.323. The third-order valence-corrected chi connectivity index (χ3v) is 24.7. The number of benzene rings is 17. The number of hydrogen-bond donors (Lipinski definition) is 12. The van der Waals surface area contributed by atoms with Crippen molar-refractivity contribution in [3.63, 3.8) is 0 Å². The molecule has 12 N–H and O–H groups in total. The molecule has 22 heteroatoms. The van der Waals surface area contributed by atoms with E-state index in [-0.39, 0.29) is 72.7 Å². The summed E-state index contributed by atoms with van der Waals surface area (Å²) in [5.41, 5.74) is 12.0. The second kappa shape index (κ2) is 43.1. The van der Waals surface area contributed by atoms with Crippen molar-refractivity contribution in [2.45, 2.75) is 82.3 Å². The molecule has 19 rings (SSSR count). The van der Waals surface area contributed by atoms with Gasteiger partial charge < -0.3 is 61.3 Å². The van der Waals surface area contributed by atoms with Crippen molar-refractivity contribution in [1.29, 1.82) is 0 Å². The molecule has 17 aromatic carbocycles. The van der Waals surface area contributed by atoms with Crippen LogP contribution < -0.4 is 0 Å². The summed E-state index contributed by atoms with van der Waals surface area (Å²) in [6.07, 6.45) is -7.47. The van der Waals surface area contributed by atoms with E-state index in [4.69, 9.17) is 25.5 Å². The number of alkyl halides is 6. The Kier molecular flexibility index (Phi) is 31.2. The molecule has 17 aromatic rings. The SMILES string of the molecule is CC(C)(c1ccc(O)cc1)c1ccc(O)cc1.O=S(=O)(c1ccc(O)cc1)c1ccccc1O.Oc1ccc(C(c2ccc(O)cc2)(C(F)(F)F)C(F)(F)F)cc1.Oc1ccc(Sc2ccc(O)cc2O)c(O)c1.Oc1cccc(Cc2cccc(O)c2)c1.c1ccc(Cc2ccccc2)cc1.c1ccc2c(c1)Cc1cc3ccccc3cc1-2.c1ccc2c(c1)Cc1ccccc1-2. The lowest BCUT2D eigenvalue weighted by atomic mass is 9.73. The Hall–Kier alpha value is -15.5. The van der Waals surface area contributed by atoms with Gasteiger partial charge in [-0.25, -0.2) is 8.42 Å². The number of para-hydroxylation sites is 1. The van der Waals surface area contributed by atoms with Crippen molar-refractivity contribution in [2.75, 3.05) is 0 Å². The van der Waals surface area contributed by atoms with E-state index in [9.17, 15) is 70.5 Å². The Bertz CT molecular complexity index is 6540. The summed E-state index contributed by atoms with van der Waals surface area (Å²) >= 11 is 1.14. The van der Waals surface area contributed by atoms with E-state index in [0.717, 1.165) is 77.5 Å². The molecule has 0 amide bonds. The Morgan fingerprint density at radius 2 is 0.576 bits per heavy atom. The molecule has 0 atom stereocenters. The first kappa shape index (κ1) is 95.6. The van der Waals surface area contributed by atoms with Crippen LogP contribution in [0.1, 0.15) is 80.6 Å². The normalized spacial score (nSPS) is 11.5. The number of aromatic hydroxyl groups is 12. The molecular formula is C110H92F6O14S2. The highest BCUT2D eigenvalue weighted by Crippen LogP contribution is 2.57. The molecule has 0 fully saturated rings. The first-order valence-corrected chi connectivity index (χ1v) is 43.7. The maximum absolute atomic E-state index is 13.6. The van der Waals surface area contributed by atoms with E-state index < -0.39 is 50.2 Å². The standard InChI is InChI=1S/C17H12.C15H10F6O2.C15H16O2.C13H12O2.C13H10.C13H12.2C12H10O4S/c1-2-6-13-11-17-15(9-12(13)5-1)10-14-7-3-4-8-16(14)17;16-14(17,18)13(15(19,20)21,9-1-5-11(22)6-2-9)10-3-7-12(23)8-4-10;1-15(2,11-3-7-13(16)8-4-11)12-5-9-14(17)10-6-12;14-12-5-1-3-10(8-12)7-11-4-2-6-13(15)9-11;1-3-7-12-10(5-1)9-11-6-2-4-8-13(11)12;1-3-7-12(8-4-1)11-13-9-5-2-6-10-13;13-7-1-3-11(9(15)5-7)17-12-4-2-8(14)6-10(12)16;13-9-5-7-10(8-6-9)17(15,16)12-4-2-1-3-11(12)14/h1-9,11H,10H2;1-8,22-23H;3-10,16-17H,1-2H3;1-6,8-9,14-15H,7H2;1-8H,9H2;1-10H,11H2;1-6,13-16H;1-8,13-14H. The molecule has 0 aliphatic heterocycles. The lowest BCUT2D eigenvalue weighted by Gasteiger charge is -2.38. The van der Waals surface area contributed by atoms with E-state index in [0.29, 0.717) is 40.5 Å². The summed E-state index contributed by atoms with van der Waals surface area (Å²) in [5, 5.41) is 114. The number of rotatable bonds is 12. The molecule has 0 unspecified atom stereocenters. The fourth-order valence-corrected chi connectivity index (χ4v) is 17.2.